The van der Waals surface area contributed by atoms with Crippen LogP contribution in [0.4, 0.5) is 4.79 Å². The molecule has 4 heteroatoms. The second-order valence-corrected chi connectivity index (χ2v) is 7.38. The van der Waals surface area contributed by atoms with E-state index < -0.39 is 11.2 Å². The zero-order valence-corrected chi connectivity index (χ0v) is 13.0. The van der Waals surface area contributed by atoms with Gasteiger partial charge in [-0.3, -0.25) is 0 Å². The first-order chi connectivity index (χ1) is 8.55. The molecule has 4 nitrogen and oxygen atoms in total. The Morgan fingerprint density at radius 3 is 2.11 bits per heavy atom. The molecule has 112 valence electrons. The van der Waals surface area contributed by atoms with E-state index in [1.54, 1.807) is 0 Å². The number of aliphatic hydroxyl groups is 1. The fourth-order valence-electron chi connectivity index (χ4n) is 2.69. The molecule has 0 heterocycles. The van der Waals surface area contributed by atoms with Crippen LogP contribution in [-0.4, -0.2) is 28.4 Å². The highest BCUT2D eigenvalue weighted by molar-refractivity contribution is 5.68. The molecule has 0 aliphatic heterocycles. The molecule has 0 unspecified atom stereocenters. The van der Waals surface area contributed by atoms with Crippen LogP contribution in [-0.2, 0) is 4.74 Å². The predicted molar refractivity (Wildman–Crippen MR) is 76.0 cm³/mol. The second-order valence-electron chi connectivity index (χ2n) is 7.38. The molecule has 1 amide bonds. The van der Waals surface area contributed by atoms with Crippen molar-refractivity contribution in [2.75, 3.05) is 0 Å². The summed E-state index contributed by atoms with van der Waals surface area (Å²) >= 11 is 0. The van der Waals surface area contributed by atoms with Crippen molar-refractivity contribution in [3.8, 4) is 0 Å². The molecule has 1 saturated carbocycles. The molecule has 1 fully saturated rings. The van der Waals surface area contributed by atoms with Crippen molar-refractivity contribution in [1.29, 1.82) is 0 Å². The lowest BCUT2D eigenvalue weighted by Gasteiger charge is -2.32. The van der Waals surface area contributed by atoms with Gasteiger partial charge in [-0.1, -0.05) is 0 Å². The smallest absolute Gasteiger partial charge is 0.407 e. The van der Waals surface area contributed by atoms with E-state index in [4.69, 9.17) is 4.74 Å². The van der Waals surface area contributed by atoms with Gasteiger partial charge >= 0.3 is 6.09 Å². The van der Waals surface area contributed by atoms with E-state index in [-0.39, 0.29) is 12.1 Å². The van der Waals surface area contributed by atoms with Gasteiger partial charge in [-0.2, -0.15) is 0 Å². The second kappa shape index (κ2) is 6.12. The largest absolute Gasteiger partial charge is 0.444 e. The maximum absolute atomic E-state index is 11.7. The van der Waals surface area contributed by atoms with E-state index in [1.807, 2.05) is 34.6 Å². The summed E-state index contributed by atoms with van der Waals surface area (Å²) in [7, 11) is 0. The van der Waals surface area contributed by atoms with Gasteiger partial charge in [0.2, 0.25) is 0 Å². The summed E-state index contributed by atoms with van der Waals surface area (Å²) in [6, 6.07) is 0.216. The first-order valence-corrected chi connectivity index (χ1v) is 7.27. The maximum atomic E-state index is 11.7. The van der Waals surface area contributed by atoms with Crippen LogP contribution in [0.2, 0.25) is 0 Å². The number of ether oxygens (including phenoxy) is 1. The summed E-state index contributed by atoms with van der Waals surface area (Å²) in [6.07, 6.45) is 4.58. The van der Waals surface area contributed by atoms with Gasteiger partial charge in [-0.15, -0.1) is 0 Å². The molecule has 0 aromatic rings. The number of hydrogen-bond donors (Lipinski definition) is 2. The summed E-state index contributed by atoms with van der Waals surface area (Å²) in [5.41, 5.74) is -1.03. The monoisotopic (exact) mass is 271 g/mol. The number of amides is 1. The molecule has 0 radical (unpaired) electrons. The summed E-state index contributed by atoms with van der Waals surface area (Å²) in [4.78, 5) is 11.7. The van der Waals surface area contributed by atoms with E-state index in [1.165, 1.54) is 0 Å². The van der Waals surface area contributed by atoms with Crippen molar-refractivity contribution in [3.05, 3.63) is 0 Å². The first-order valence-electron chi connectivity index (χ1n) is 7.27. The molecule has 0 spiro atoms. The van der Waals surface area contributed by atoms with Gasteiger partial charge in [0.15, 0.2) is 0 Å². The number of hydrogen-bond acceptors (Lipinski definition) is 3. The van der Waals surface area contributed by atoms with E-state index in [2.05, 4.69) is 5.32 Å². The highest BCUT2D eigenvalue weighted by Gasteiger charge is 2.27. The van der Waals surface area contributed by atoms with Gasteiger partial charge in [-0.05, 0) is 72.6 Å². The van der Waals surface area contributed by atoms with Crippen LogP contribution in [0.5, 0.6) is 0 Å². The minimum atomic E-state index is -0.587. The molecule has 0 bridgehead atoms. The molecule has 19 heavy (non-hydrogen) atoms. The summed E-state index contributed by atoms with van der Waals surface area (Å²) < 4.78 is 5.26. The van der Waals surface area contributed by atoms with Crippen molar-refractivity contribution < 1.29 is 14.6 Å². The number of carbonyl (C=O) groups excluding carboxylic acids is 1. The summed E-state index contributed by atoms with van der Waals surface area (Å²) in [5.74, 6) is 0.566. The lowest BCUT2D eigenvalue weighted by molar-refractivity contribution is 0.0377. The van der Waals surface area contributed by atoms with Crippen LogP contribution in [0.15, 0.2) is 0 Å². The maximum Gasteiger partial charge on any atom is 0.407 e. The Balaban J connectivity index is 2.29. The standard InChI is InChI=1S/C15H29NO3/c1-14(2,3)19-13(17)16-12-8-6-11(7-9-12)10-15(4,5)18/h11-12,18H,6-10H2,1-5H3,(H,16,17). The predicted octanol–water partition coefficient (Wildman–Crippen LogP) is 3.23. The lowest BCUT2D eigenvalue weighted by atomic mass is 9.80. The summed E-state index contributed by atoms with van der Waals surface area (Å²) in [5, 5.41) is 12.8. The van der Waals surface area contributed by atoms with E-state index in [0.29, 0.717) is 5.92 Å². The normalized spacial score (nSPS) is 24.9. The molecule has 0 aromatic carbocycles. The Morgan fingerprint density at radius 2 is 1.68 bits per heavy atom. The number of rotatable bonds is 3. The van der Waals surface area contributed by atoms with Crippen LogP contribution in [0.3, 0.4) is 0 Å². The molecule has 0 atom stereocenters. The highest BCUT2D eigenvalue weighted by atomic mass is 16.6. The topological polar surface area (TPSA) is 58.6 Å². The molecule has 1 rings (SSSR count). The van der Waals surface area contributed by atoms with Crippen LogP contribution in [0.25, 0.3) is 0 Å². The summed E-state index contributed by atoms with van der Waals surface area (Å²) in [6.45, 7) is 9.32. The third-order valence-electron chi connectivity index (χ3n) is 3.36. The SMILES string of the molecule is CC(C)(O)CC1CCC(NC(=O)OC(C)(C)C)CC1. The van der Waals surface area contributed by atoms with Crippen LogP contribution in [0.1, 0.15) is 66.7 Å². The molecule has 0 saturated heterocycles. The molecule has 1 aliphatic rings. The van der Waals surface area contributed by atoms with Gasteiger partial charge < -0.3 is 15.2 Å². The fourth-order valence-corrected chi connectivity index (χ4v) is 2.69. The van der Waals surface area contributed by atoms with Gasteiger partial charge in [0.05, 0.1) is 5.60 Å². The number of carbonyl (C=O) groups is 1. The van der Waals surface area contributed by atoms with Crippen LogP contribution in [0, 0.1) is 5.92 Å². The highest BCUT2D eigenvalue weighted by Crippen LogP contribution is 2.30. The Labute approximate surface area is 116 Å². The van der Waals surface area contributed by atoms with Crippen LogP contribution < -0.4 is 5.32 Å². The third kappa shape index (κ3) is 7.41. The van der Waals surface area contributed by atoms with Gasteiger partial charge in [0.25, 0.3) is 0 Å². The zero-order chi connectivity index (χ0) is 14.7. The van der Waals surface area contributed by atoms with Gasteiger partial charge in [0.1, 0.15) is 5.60 Å². The Hall–Kier alpha value is -0.770. The van der Waals surface area contributed by atoms with Crippen molar-refractivity contribution in [3.63, 3.8) is 0 Å². The van der Waals surface area contributed by atoms with Crippen LogP contribution >= 0.6 is 0 Å². The Bertz CT molecular complexity index is 293. The van der Waals surface area contributed by atoms with Crippen molar-refractivity contribution in [1.82, 2.24) is 5.32 Å². The van der Waals surface area contributed by atoms with Crippen molar-refractivity contribution in [2.45, 2.75) is 84.0 Å². The molecule has 2 N–H and O–H groups in total. The van der Waals surface area contributed by atoms with Crippen molar-refractivity contribution in [2.24, 2.45) is 5.92 Å². The fraction of sp³-hybridized carbons (Fsp3) is 0.933. The third-order valence-corrected chi connectivity index (χ3v) is 3.36. The van der Waals surface area contributed by atoms with Gasteiger partial charge in [-0.25, -0.2) is 4.79 Å². The first kappa shape index (κ1) is 16.3. The number of nitrogens with one attached hydrogen (secondary N) is 1. The Morgan fingerprint density at radius 1 is 1.16 bits per heavy atom. The number of alkyl carbamates (subject to hydrolysis) is 1. The zero-order valence-electron chi connectivity index (χ0n) is 13.0. The van der Waals surface area contributed by atoms with E-state index in [0.717, 1.165) is 32.1 Å². The average Bonchev–Trinajstić information content (AvgIpc) is 2.15. The van der Waals surface area contributed by atoms with Crippen molar-refractivity contribution >= 4 is 6.09 Å². The Kier molecular flexibility index (Phi) is 5.25. The lowest BCUT2D eigenvalue weighted by Crippen LogP contribution is -2.41. The van der Waals surface area contributed by atoms with Gasteiger partial charge in [0, 0.05) is 6.04 Å². The minimum Gasteiger partial charge on any atom is -0.444 e. The molecule has 1 aliphatic carbocycles. The molecular formula is C15H29NO3. The molecule has 0 aromatic heterocycles. The quantitative estimate of drug-likeness (QED) is 0.828. The minimum absolute atomic E-state index is 0.216. The van der Waals surface area contributed by atoms with E-state index >= 15 is 0 Å². The molecular weight excluding hydrogens is 242 g/mol. The van der Waals surface area contributed by atoms with E-state index in [9.17, 15) is 9.90 Å². The average molecular weight is 271 g/mol.